The van der Waals surface area contributed by atoms with Gasteiger partial charge in [0.15, 0.2) is 5.65 Å². The molecule has 3 aliphatic rings. The molecule has 298 valence electrons. The van der Waals surface area contributed by atoms with Gasteiger partial charge in [0, 0.05) is 37.3 Å². The van der Waals surface area contributed by atoms with E-state index in [1.165, 1.54) is 12.4 Å². The summed E-state index contributed by atoms with van der Waals surface area (Å²) in [6.07, 6.45) is 3.12. The van der Waals surface area contributed by atoms with E-state index in [2.05, 4.69) is 20.6 Å². The number of amides is 5. The minimum atomic E-state index is -1.04. The third-order valence-corrected chi connectivity index (χ3v) is 10.3. The minimum absolute atomic E-state index is 0.0456. The smallest absolute Gasteiger partial charge is 0.264 e. The summed E-state index contributed by atoms with van der Waals surface area (Å²) in [4.78, 5) is 75.1. The van der Waals surface area contributed by atoms with Crippen molar-refractivity contribution in [2.24, 2.45) is 0 Å². The molecule has 58 heavy (non-hydrogen) atoms. The third-order valence-electron chi connectivity index (χ3n) is 10.3. The number of likely N-dealkylation sites (tertiary alicyclic amines) is 1. The summed E-state index contributed by atoms with van der Waals surface area (Å²) < 4.78 is 19.2. The van der Waals surface area contributed by atoms with E-state index in [1.807, 2.05) is 59.3 Å². The highest BCUT2D eigenvalue weighted by Crippen LogP contribution is 2.35. The fourth-order valence-electron chi connectivity index (χ4n) is 7.53. The summed E-state index contributed by atoms with van der Waals surface area (Å²) in [6.45, 7) is 1.91. The van der Waals surface area contributed by atoms with Gasteiger partial charge in [-0.3, -0.25) is 34.2 Å². The Labute approximate surface area is 332 Å². The molecule has 4 N–H and O–H groups in total. The van der Waals surface area contributed by atoms with Gasteiger partial charge in [-0.15, -0.1) is 0 Å². The second-order valence-electron chi connectivity index (χ2n) is 14.1. The number of hydrogen-bond acceptors (Lipinski definition) is 13. The lowest BCUT2D eigenvalue weighted by Crippen LogP contribution is -2.54. The number of nitrogens with two attached hydrogens (primary N) is 1. The molecule has 8 rings (SSSR count). The maximum Gasteiger partial charge on any atom is 0.264 e. The predicted molar refractivity (Wildman–Crippen MR) is 210 cm³/mol. The number of nitrogens with one attached hydrogen (secondary N) is 2. The van der Waals surface area contributed by atoms with Gasteiger partial charge in [-0.1, -0.05) is 24.3 Å². The standard InChI is InChI=1S/C41H41N9O8/c42-37-35-36(25-11-13-28(14-12-25)58-27-7-2-1-3-8-27)47-50(38(35)45-24-44-37)26-6-5-18-48(22-26)33(52)23-57-21-20-56-19-17-43-30-10-4-9-29-34(30)41(55)49(40(29)54)31-15-16-32(51)46-39(31)53/h1-4,7-14,24,26,31,43H,5-6,15-23H2,(H2,42,44,45)(H,46,51,53). The van der Waals surface area contributed by atoms with Crippen LogP contribution >= 0.6 is 0 Å². The van der Waals surface area contributed by atoms with Crippen LogP contribution in [0.15, 0.2) is 79.1 Å². The maximum absolute atomic E-state index is 13.3. The Morgan fingerprint density at radius 2 is 1.67 bits per heavy atom. The zero-order valence-corrected chi connectivity index (χ0v) is 31.5. The van der Waals surface area contributed by atoms with Crippen molar-refractivity contribution in [2.45, 2.75) is 37.8 Å². The normalized spacial score (nSPS) is 18.1. The van der Waals surface area contributed by atoms with Gasteiger partial charge in [-0.2, -0.15) is 5.10 Å². The molecule has 2 aromatic heterocycles. The lowest BCUT2D eigenvalue weighted by Gasteiger charge is -2.33. The van der Waals surface area contributed by atoms with E-state index >= 15 is 0 Å². The molecule has 0 bridgehead atoms. The van der Waals surface area contributed by atoms with E-state index < -0.39 is 29.7 Å². The molecular weight excluding hydrogens is 747 g/mol. The number of anilines is 2. The summed E-state index contributed by atoms with van der Waals surface area (Å²) in [5.74, 6) is -0.660. The van der Waals surface area contributed by atoms with Gasteiger partial charge in [0.2, 0.25) is 17.7 Å². The van der Waals surface area contributed by atoms with E-state index in [1.54, 1.807) is 17.0 Å². The summed E-state index contributed by atoms with van der Waals surface area (Å²) in [6, 6.07) is 20.8. The Morgan fingerprint density at radius 1 is 0.879 bits per heavy atom. The van der Waals surface area contributed by atoms with Crippen molar-refractivity contribution < 1.29 is 38.2 Å². The largest absolute Gasteiger partial charge is 0.457 e. The number of aromatic nitrogens is 4. The summed E-state index contributed by atoms with van der Waals surface area (Å²) in [5.41, 5.74) is 9.26. The van der Waals surface area contributed by atoms with E-state index in [0.29, 0.717) is 53.6 Å². The van der Waals surface area contributed by atoms with Crippen molar-refractivity contribution in [1.82, 2.24) is 34.9 Å². The monoisotopic (exact) mass is 787 g/mol. The number of ether oxygens (including phenoxy) is 3. The van der Waals surface area contributed by atoms with Gasteiger partial charge in [-0.25, -0.2) is 14.6 Å². The lowest BCUT2D eigenvalue weighted by molar-refractivity contribution is -0.138. The molecule has 2 saturated heterocycles. The maximum atomic E-state index is 13.3. The molecule has 0 saturated carbocycles. The number of para-hydroxylation sites is 1. The van der Waals surface area contributed by atoms with Crippen LogP contribution in [0, 0.1) is 0 Å². The van der Waals surface area contributed by atoms with Crippen LogP contribution in [0.2, 0.25) is 0 Å². The first-order chi connectivity index (χ1) is 28.3. The minimum Gasteiger partial charge on any atom is -0.457 e. The fourth-order valence-corrected chi connectivity index (χ4v) is 7.53. The van der Waals surface area contributed by atoms with E-state index in [-0.39, 0.29) is 62.3 Å². The Kier molecular flexibility index (Phi) is 11.0. The Balaban J connectivity index is 0.806. The number of hydrogen-bond donors (Lipinski definition) is 3. The van der Waals surface area contributed by atoms with E-state index in [4.69, 9.17) is 25.0 Å². The highest BCUT2D eigenvalue weighted by Gasteiger charge is 2.45. The first-order valence-corrected chi connectivity index (χ1v) is 19.1. The number of carbonyl (C=O) groups is 5. The molecule has 17 heteroatoms. The average Bonchev–Trinajstić information content (AvgIpc) is 3.75. The molecule has 17 nitrogen and oxygen atoms in total. The van der Waals surface area contributed by atoms with Crippen LogP contribution in [0.3, 0.4) is 0 Å². The van der Waals surface area contributed by atoms with Crippen LogP contribution in [-0.2, 0) is 23.9 Å². The van der Waals surface area contributed by atoms with Gasteiger partial charge in [0.1, 0.15) is 42.0 Å². The Hall–Kier alpha value is -6.72. The van der Waals surface area contributed by atoms with Gasteiger partial charge >= 0.3 is 0 Å². The SMILES string of the molecule is Nc1ncnc2c1c(-c1ccc(Oc3ccccc3)cc1)nn2C1CCCN(C(=O)COCCOCCNc2cccc3c2C(=O)N(C2CCC(=O)NC2=O)C3=O)C1. The molecule has 5 aromatic rings. The zero-order valence-electron chi connectivity index (χ0n) is 31.5. The van der Waals surface area contributed by atoms with Crippen LogP contribution in [-0.4, -0.2) is 111 Å². The van der Waals surface area contributed by atoms with Crippen LogP contribution in [0.25, 0.3) is 22.3 Å². The van der Waals surface area contributed by atoms with Crippen molar-refractivity contribution in [2.75, 3.05) is 57.1 Å². The van der Waals surface area contributed by atoms with Gasteiger partial charge in [-0.05, 0) is 67.8 Å². The molecule has 3 aromatic carbocycles. The molecule has 3 aliphatic heterocycles. The lowest BCUT2D eigenvalue weighted by atomic mass is 10.0. The first kappa shape index (κ1) is 38.2. The van der Waals surface area contributed by atoms with Crippen molar-refractivity contribution >= 4 is 52.1 Å². The highest BCUT2D eigenvalue weighted by molar-refractivity contribution is 6.25. The van der Waals surface area contributed by atoms with Crippen molar-refractivity contribution in [3.05, 3.63) is 90.3 Å². The first-order valence-electron chi connectivity index (χ1n) is 19.1. The second-order valence-corrected chi connectivity index (χ2v) is 14.1. The number of carbonyl (C=O) groups excluding carboxylic acids is 5. The molecule has 5 heterocycles. The molecule has 5 amide bonds. The van der Waals surface area contributed by atoms with Crippen LogP contribution in [0.4, 0.5) is 11.5 Å². The highest BCUT2D eigenvalue weighted by atomic mass is 16.5. The van der Waals surface area contributed by atoms with Gasteiger partial charge < -0.3 is 30.2 Å². The topological polar surface area (TPSA) is 213 Å². The van der Waals surface area contributed by atoms with Crippen LogP contribution in [0.1, 0.15) is 52.4 Å². The fraction of sp³-hybridized carbons (Fsp3) is 0.317. The quantitative estimate of drug-likeness (QED) is 0.109. The summed E-state index contributed by atoms with van der Waals surface area (Å²) in [7, 11) is 0. The van der Waals surface area contributed by atoms with Gasteiger partial charge in [0.25, 0.3) is 11.8 Å². The van der Waals surface area contributed by atoms with E-state index in [9.17, 15) is 24.0 Å². The Morgan fingerprint density at radius 3 is 2.48 bits per heavy atom. The molecule has 2 fully saturated rings. The molecule has 0 spiro atoms. The summed E-state index contributed by atoms with van der Waals surface area (Å²) in [5, 5.41) is 11.0. The molecule has 0 aliphatic carbocycles. The molecular formula is C41H41N9O8. The van der Waals surface area contributed by atoms with E-state index in [0.717, 1.165) is 29.1 Å². The molecule has 0 radical (unpaired) electrons. The number of fused-ring (bicyclic) bond motifs is 2. The second kappa shape index (κ2) is 16.8. The third kappa shape index (κ3) is 7.81. The molecule has 2 unspecified atom stereocenters. The number of imide groups is 2. The van der Waals surface area contributed by atoms with Crippen molar-refractivity contribution in [3.63, 3.8) is 0 Å². The number of piperidine rings is 2. The molecule has 2 atom stereocenters. The zero-order chi connectivity index (χ0) is 40.2. The van der Waals surface area contributed by atoms with Crippen LogP contribution in [0.5, 0.6) is 11.5 Å². The Bertz CT molecular complexity index is 2370. The van der Waals surface area contributed by atoms with Crippen molar-refractivity contribution in [3.8, 4) is 22.8 Å². The number of nitrogens with zero attached hydrogens (tertiary/aromatic N) is 6. The van der Waals surface area contributed by atoms with Crippen molar-refractivity contribution in [1.29, 1.82) is 0 Å². The van der Waals surface area contributed by atoms with Gasteiger partial charge in [0.05, 0.1) is 42.4 Å². The number of nitrogen functional groups attached to an aromatic ring is 1. The predicted octanol–water partition coefficient (Wildman–Crippen LogP) is 3.58. The number of benzene rings is 3. The summed E-state index contributed by atoms with van der Waals surface area (Å²) >= 11 is 0. The van der Waals surface area contributed by atoms with Crippen LogP contribution < -0.4 is 21.1 Å². The average molecular weight is 788 g/mol. The number of rotatable bonds is 14.